The van der Waals surface area contributed by atoms with E-state index in [1.54, 1.807) is 0 Å². The van der Waals surface area contributed by atoms with Crippen LogP contribution in [-0.4, -0.2) is 10.5 Å². The van der Waals surface area contributed by atoms with Gasteiger partial charge in [0, 0.05) is 16.8 Å². The average molecular weight is 218 g/mol. The van der Waals surface area contributed by atoms with Gasteiger partial charge in [-0.05, 0) is 19.9 Å². The Hall–Kier alpha value is -1.15. The van der Waals surface area contributed by atoms with Gasteiger partial charge in [-0.25, -0.2) is 0 Å². The van der Waals surface area contributed by atoms with Crippen LogP contribution in [0.4, 0.5) is 0 Å². The van der Waals surface area contributed by atoms with Gasteiger partial charge >= 0.3 is 0 Å². The summed E-state index contributed by atoms with van der Waals surface area (Å²) in [5.41, 5.74) is 0.907. The standard InChI is InChI=1S/C13H14OS/c1-13(2)9-11(15)8-12(14-13)10-6-4-3-5-7-10/h3-8H,9H2,1-2H3. The van der Waals surface area contributed by atoms with Crippen molar-refractivity contribution < 1.29 is 4.74 Å². The quantitative estimate of drug-likeness (QED) is 0.666. The van der Waals surface area contributed by atoms with Crippen LogP contribution in [0.1, 0.15) is 25.8 Å². The van der Waals surface area contributed by atoms with Crippen LogP contribution in [0.15, 0.2) is 36.4 Å². The summed E-state index contributed by atoms with van der Waals surface area (Å²) in [5, 5.41) is 0. The van der Waals surface area contributed by atoms with E-state index in [2.05, 4.69) is 13.8 Å². The van der Waals surface area contributed by atoms with E-state index in [-0.39, 0.29) is 5.60 Å². The molecule has 1 aromatic carbocycles. The van der Waals surface area contributed by atoms with E-state index in [9.17, 15) is 0 Å². The van der Waals surface area contributed by atoms with E-state index in [0.717, 1.165) is 22.6 Å². The molecule has 0 saturated carbocycles. The molecule has 1 heterocycles. The fraction of sp³-hybridized carbons (Fsp3) is 0.308. The van der Waals surface area contributed by atoms with E-state index in [4.69, 9.17) is 17.0 Å². The Morgan fingerprint density at radius 3 is 2.47 bits per heavy atom. The predicted octanol–water partition coefficient (Wildman–Crippen LogP) is 3.60. The van der Waals surface area contributed by atoms with Crippen LogP contribution < -0.4 is 0 Å². The lowest BCUT2D eigenvalue weighted by molar-refractivity contribution is 0.0815. The number of benzene rings is 1. The van der Waals surface area contributed by atoms with Crippen molar-refractivity contribution in [2.24, 2.45) is 0 Å². The van der Waals surface area contributed by atoms with E-state index in [1.807, 2.05) is 36.4 Å². The molecule has 0 aliphatic carbocycles. The fourth-order valence-electron chi connectivity index (χ4n) is 1.72. The van der Waals surface area contributed by atoms with Crippen molar-refractivity contribution in [1.29, 1.82) is 0 Å². The highest BCUT2D eigenvalue weighted by Gasteiger charge is 2.27. The van der Waals surface area contributed by atoms with Gasteiger partial charge in [0.05, 0.1) is 0 Å². The number of ether oxygens (including phenoxy) is 1. The molecule has 0 fully saturated rings. The van der Waals surface area contributed by atoms with Gasteiger partial charge < -0.3 is 4.74 Å². The van der Waals surface area contributed by atoms with Crippen molar-refractivity contribution in [3.8, 4) is 0 Å². The van der Waals surface area contributed by atoms with Gasteiger partial charge in [-0.1, -0.05) is 42.5 Å². The summed E-state index contributed by atoms with van der Waals surface area (Å²) in [6.45, 7) is 4.13. The van der Waals surface area contributed by atoms with Gasteiger partial charge in [-0.15, -0.1) is 0 Å². The molecule has 1 aliphatic rings. The van der Waals surface area contributed by atoms with Gasteiger partial charge in [0.25, 0.3) is 0 Å². The highest BCUT2D eigenvalue weighted by Crippen LogP contribution is 2.30. The lowest BCUT2D eigenvalue weighted by Gasteiger charge is -2.31. The van der Waals surface area contributed by atoms with Gasteiger partial charge in [0.2, 0.25) is 0 Å². The van der Waals surface area contributed by atoms with E-state index < -0.39 is 0 Å². The Labute approximate surface area is 95.8 Å². The number of hydrogen-bond acceptors (Lipinski definition) is 2. The van der Waals surface area contributed by atoms with Gasteiger partial charge in [0.15, 0.2) is 0 Å². The van der Waals surface area contributed by atoms with Crippen LogP contribution in [0.5, 0.6) is 0 Å². The zero-order chi connectivity index (χ0) is 10.9. The maximum Gasteiger partial charge on any atom is 0.128 e. The zero-order valence-electron chi connectivity index (χ0n) is 8.99. The summed E-state index contributed by atoms with van der Waals surface area (Å²) in [7, 11) is 0. The lowest BCUT2D eigenvalue weighted by atomic mass is 9.98. The Kier molecular flexibility index (Phi) is 2.61. The second-order valence-electron chi connectivity index (χ2n) is 4.38. The minimum Gasteiger partial charge on any atom is -0.487 e. The van der Waals surface area contributed by atoms with Crippen LogP contribution in [0, 0.1) is 0 Å². The molecule has 0 unspecified atom stereocenters. The molecule has 0 spiro atoms. The second kappa shape index (κ2) is 3.78. The van der Waals surface area contributed by atoms with E-state index in [1.165, 1.54) is 0 Å². The topological polar surface area (TPSA) is 9.23 Å². The van der Waals surface area contributed by atoms with Crippen molar-refractivity contribution in [3.05, 3.63) is 42.0 Å². The summed E-state index contributed by atoms with van der Waals surface area (Å²) >= 11 is 5.28. The van der Waals surface area contributed by atoms with Crippen molar-refractivity contribution in [3.63, 3.8) is 0 Å². The van der Waals surface area contributed by atoms with E-state index >= 15 is 0 Å². The smallest absolute Gasteiger partial charge is 0.128 e. The van der Waals surface area contributed by atoms with Crippen LogP contribution in [0.25, 0.3) is 5.76 Å². The summed E-state index contributed by atoms with van der Waals surface area (Å²) in [6.07, 6.45) is 2.77. The first-order valence-electron chi connectivity index (χ1n) is 5.06. The van der Waals surface area contributed by atoms with Crippen molar-refractivity contribution >= 4 is 22.8 Å². The predicted molar refractivity (Wildman–Crippen MR) is 66.8 cm³/mol. The van der Waals surface area contributed by atoms with Crippen LogP contribution >= 0.6 is 12.2 Å². The van der Waals surface area contributed by atoms with Gasteiger partial charge in [-0.2, -0.15) is 0 Å². The molecule has 15 heavy (non-hydrogen) atoms. The molecule has 0 amide bonds. The molecule has 0 saturated heterocycles. The van der Waals surface area contributed by atoms with Gasteiger partial charge in [-0.3, -0.25) is 0 Å². The third-order valence-electron chi connectivity index (χ3n) is 2.34. The minimum atomic E-state index is -0.184. The molecule has 1 aliphatic heterocycles. The number of hydrogen-bond donors (Lipinski definition) is 0. The van der Waals surface area contributed by atoms with Crippen molar-refractivity contribution in [2.75, 3.05) is 0 Å². The lowest BCUT2D eigenvalue weighted by Crippen LogP contribution is -2.29. The van der Waals surface area contributed by atoms with Crippen molar-refractivity contribution in [1.82, 2.24) is 0 Å². The molecule has 78 valence electrons. The molecule has 1 nitrogen and oxygen atoms in total. The molecule has 1 aromatic rings. The molecular weight excluding hydrogens is 204 g/mol. The number of allylic oxidation sites excluding steroid dienone is 1. The third-order valence-corrected chi connectivity index (χ3v) is 2.60. The average Bonchev–Trinajstić information content (AvgIpc) is 2.16. The maximum atomic E-state index is 5.90. The highest BCUT2D eigenvalue weighted by molar-refractivity contribution is 7.80. The summed E-state index contributed by atoms with van der Waals surface area (Å²) in [5.74, 6) is 0.886. The molecule has 0 bridgehead atoms. The molecule has 0 atom stereocenters. The van der Waals surface area contributed by atoms with E-state index in [0.29, 0.717) is 0 Å². The second-order valence-corrected chi connectivity index (χ2v) is 4.90. The Bertz CT molecular complexity index is 404. The molecule has 0 N–H and O–H groups in total. The first kappa shape index (κ1) is 10.4. The SMILES string of the molecule is CC1(C)CC(=S)C=C(c2ccccc2)O1. The summed E-state index contributed by atoms with van der Waals surface area (Å²) < 4.78 is 5.90. The Morgan fingerprint density at radius 2 is 1.87 bits per heavy atom. The largest absolute Gasteiger partial charge is 0.487 e. The molecule has 2 heteroatoms. The fourth-order valence-corrected chi connectivity index (χ4v) is 2.18. The van der Waals surface area contributed by atoms with Crippen molar-refractivity contribution in [2.45, 2.75) is 25.9 Å². The van der Waals surface area contributed by atoms with Crippen LogP contribution in [0.2, 0.25) is 0 Å². The van der Waals surface area contributed by atoms with Gasteiger partial charge in [0.1, 0.15) is 11.4 Å². The summed E-state index contributed by atoms with van der Waals surface area (Å²) in [6, 6.07) is 10.1. The van der Waals surface area contributed by atoms with Crippen LogP contribution in [-0.2, 0) is 4.74 Å². The normalized spacial score (nSPS) is 19.3. The third kappa shape index (κ3) is 2.45. The maximum absolute atomic E-state index is 5.90. The summed E-state index contributed by atoms with van der Waals surface area (Å²) in [4.78, 5) is 0.963. The minimum absolute atomic E-state index is 0.184. The molecular formula is C13H14OS. The molecule has 0 aromatic heterocycles. The monoisotopic (exact) mass is 218 g/mol. The zero-order valence-corrected chi connectivity index (χ0v) is 9.80. The Balaban J connectivity index is 2.35. The Morgan fingerprint density at radius 1 is 1.20 bits per heavy atom. The number of thiocarbonyl (C=S) groups is 1. The first-order valence-corrected chi connectivity index (χ1v) is 5.47. The molecule has 2 rings (SSSR count). The van der Waals surface area contributed by atoms with Crippen LogP contribution in [0.3, 0.4) is 0 Å². The first-order chi connectivity index (χ1) is 7.07. The number of rotatable bonds is 1. The molecule has 0 radical (unpaired) electrons. The highest BCUT2D eigenvalue weighted by atomic mass is 32.1.